The molecule has 2 unspecified atom stereocenters. The lowest BCUT2D eigenvalue weighted by molar-refractivity contribution is -0.129. The van der Waals surface area contributed by atoms with E-state index in [1.807, 2.05) is 0 Å². The molecule has 8 heteroatoms. The monoisotopic (exact) mass is 457 g/mol. The maximum Gasteiger partial charge on any atom is 0.258 e. The van der Waals surface area contributed by atoms with Gasteiger partial charge in [-0.25, -0.2) is 8.42 Å². The van der Waals surface area contributed by atoms with E-state index in [2.05, 4.69) is 5.32 Å². The van der Waals surface area contributed by atoms with Crippen molar-refractivity contribution in [3.63, 3.8) is 0 Å². The molecule has 2 amide bonds. The van der Waals surface area contributed by atoms with Gasteiger partial charge in [-0.15, -0.1) is 0 Å². The Kier molecular flexibility index (Phi) is 3.86. The number of hydrogen-bond acceptors (Lipinski definition) is 6. The molecule has 0 aromatic heterocycles. The Morgan fingerprint density at radius 1 is 0.939 bits per heavy atom. The number of benzene rings is 1. The molecule has 1 fully saturated rings. The number of carbonyl (C=O) groups is 3. The molecule has 2 atom stereocenters. The van der Waals surface area contributed by atoms with Crippen LogP contribution >= 0.6 is 0 Å². The molecule has 1 aromatic rings. The lowest BCUT2D eigenvalue weighted by atomic mass is 9.75. The Hall–Kier alpha value is -4.04. The van der Waals surface area contributed by atoms with E-state index >= 15 is 0 Å². The number of carbonyl (C=O) groups excluding carboxylic acids is 3. The summed E-state index contributed by atoms with van der Waals surface area (Å²) >= 11 is 0. The van der Waals surface area contributed by atoms with Gasteiger partial charge in [0.15, 0.2) is 11.4 Å². The van der Waals surface area contributed by atoms with Gasteiger partial charge in [0.05, 0.1) is 15.4 Å². The van der Waals surface area contributed by atoms with Crippen molar-refractivity contribution in [3.8, 4) is 0 Å². The number of ketones is 1. The van der Waals surface area contributed by atoms with Crippen molar-refractivity contribution >= 4 is 27.4 Å². The molecule has 2 heterocycles. The predicted molar refractivity (Wildman–Crippen MR) is 117 cm³/mol. The summed E-state index contributed by atoms with van der Waals surface area (Å²) in [5, 5.41) is 2.17. The summed E-state index contributed by atoms with van der Waals surface area (Å²) in [6, 6.07) is 8.06. The highest BCUT2D eigenvalue weighted by atomic mass is 32.2. The quantitative estimate of drug-likeness (QED) is 0.539. The number of imide groups is 1. The molecule has 0 radical (unpaired) electrons. The summed E-state index contributed by atoms with van der Waals surface area (Å²) in [4.78, 5) is 37.4. The van der Waals surface area contributed by atoms with Crippen molar-refractivity contribution < 1.29 is 27.5 Å². The van der Waals surface area contributed by atoms with Crippen LogP contribution < -0.4 is 5.32 Å². The van der Waals surface area contributed by atoms with Gasteiger partial charge >= 0.3 is 0 Å². The minimum atomic E-state index is -3.85. The number of fused-ring (bicyclic) bond motifs is 2. The molecule has 3 aliphatic carbocycles. The number of sulfone groups is 1. The highest BCUT2D eigenvalue weighted by Gasteiger charge is 2.51. The average Bonchev–Trinajstić information content (AvgIpc) is 3.11. The zero-order chi connectivity index (χ0) is 23.0. The van der Waals surface area contributed by atoms with Crippen LogP contribution in [0.4, 0.5) is 0 Å². The van der Waals surface area contributed by atoms with Crippen molar-refractivity contribution in [2.45, 2.75) is 10.5 Å². The fourth-order valence-electron chi connectivity index (χ4n) is 4.67. The van der Waals surface area contributed by atoms with E-state index in [-0.39, 0.29) is 21.1 Å². The topological polar surface area (TPSA) is 107 Å². The molecule has 33 heavy (non-hydrogen) atoms. The first-order valence-electron chi connectivity index (χ1n) is 10.2. The number of amides is 2. The summed E-state index contributed by atoms with van der Waals surface area (Å²) in [7, 11) is -3.85. The third kappa shape index (κ3) is 2.61. The van der Waals surface area contributed by atoms with Gasteiger partial charge in [-0.05, 0) is 36.4 Å². The number of allylic oxidation sites excluding steroid dienone is 5. The van der Waals surface area contributed by atoms with Gasteiger partial charge in [-0.2, -0.15) is 0 Å². The summed E-state index contributed by atoms with van der Waals surface area (Å²) < 4.78 is 33.0. The molecule has 0 saturated carbocycles. The lowest BCUT2D eigenvalue weighted by Crippen LogP contribution is -2.41. The predicted octanol–water partition coefficient (Wildman–Crippen LogP) is 2.14. The SMILES string of the molecule is O=C1NC(=O)C2C(=O)C=C3C=C4C=CC=C5C=CC(S(=O)(=O)c6ccccc6)=CC54OC3=C12. The van der Waals surface area contributed by atoms with Gasteiger partial charge < -0.3 is 4.74 Å². The van der Waals surface area contributed by atoms with Crippen molar-refractivity contribution in [1.29, 1.82) is 0 Å². The normalized spacial score (nSPS) is 27.3. The van der Waals surface area contributed by atoms with Crippen LogP contribution in [0.2, 0.25) is 0 Å². The Labute approximate surface area is 188 Å². The van der Waals surface area contributed by atoms with Gasteiger partial charge in [-0.3, -0.25) is 19.7 Å². The van der Waals surface area contributed by atoms with Crippen molar-refractivity contribution in [2.24, 2.45) is 5.92 Å². The summed E-state index contributed by atoms with van der Waals surface area (Å²) in [5.74, 6) is -3.02. The minimum absolute atomic E-state index is 0.0421. The fourth-order valence-corrected chi connectivity index (χ4v) is 6.02. The van der Waals surface area contributed by atoms with Crippen LogP contribution in [-0.2, 0) is 29.0 Å². The summed E-state index contributed by atoms with van der Waals surface area (Å²) in [5.41, 5.74) is 0.275. The standard InChI is InChI=1S/C25H15NO6S/c27-19-12-14-11-16-6-4-5-15-9-10-18(33(30,31)17-7-2-1-3-8-17)13-25(15,16)32-22(14)21-20(19)23(28)26-24(21)29/h1-13,20H,(H,26,28,29). The smallest absolute Gasteiger partial charge is 0.258 e. The van der Waals surface area contributed by atoms with Gasteiger partial charge in [0.2, 0.25) is 15.7 Å². The molecule has 0 bridgehead atoms. The zero-order valence-corrected chi connectivity index (χ0v) is 17.8. The second-order valence-electron chi connectivity index (χ2n) is 8.11. The van der Waals surface area contributed by atoms with Gasteiger partial charge in [0.25, 0.3) is 5.91 Å². The second kappa shape index (κ2) is 6.49. The molecule has 1 saturated heterocycles. The van der Waals surface area contributed by atoms with Gasteiger partial charge in [0.1, 0.15) is 11.7 Å². The summed E-state index contributed by atoms with van der Waals surface area (Å²) in [6.45, 7) is 0. The Morgan fingerprint density at radius 2 is 1.73 bits per heavy atom. The molecule has 1 N–H and O–H groups in total. The molecule has 162 valence electrons. The van der Waals surface area contributed by atoms with Crippen LogP contribution in [0.3, 0.4) is 0 Å². The number of nitrogens with one attached hydrogen (secondary N) is 1. The van der Waals surface area contributed by atoms with Crippen LogP contribution in [-0.4, -0.2) is 31.6 Å². The lowest BCUT2D eigenvalue weighted by Gasteiger charge is -2.43. The Bertz CT molecular complexity index is 1520. The van der Waals surface area contributed by atoms with Gasteiger partial charge in [0, 0.05) is 16.7 Å². The van der Waals surface area contributed by atoms with E-state index in [1.54, 1.807) is 48.6 Å². The van der Waals surface area contributed by atoms with Crippen LogP contribution in [0.25, 0.3) is 0 Å². The first-order chi connectivity index (χ1) is 15.8. The van der Waals surface area contributed by atoms with Crippen LogP contribution in [0, 0.1) is 5.92 Å². The average molecular weight is 457 g/mol. The molecule has 7 nitrogen and oxygen atoms in total. The fraction of sp³-hybridized carbons (Fsp3) is 0.0800. The van der Waals surface area contributed by atoms with E-state index in [0.717, 1.165) is 0 Å². The van der Waals surface area contributed by atoms with E-state index in [9.17, 15) is 22.8 Å². The maximum atomic E-state index is 13.3. The first-order valence-corrected chi connectivity index (χ1v) is 11.7. The van der Waals surface area contributed by atoms with E-state index in [0.29, 0.717) is 16.7 Å². The number of hydrogen-bond donors (Lipinski definition) is 1. The van der Waals surface area contributed by atoms with Crippen molar-refractivity contribution in [1.82, 2.24) is 5.32 Å². The maximum absolute atomic E-state index is 13.3. The molecular formula is C25H15NO6S. The highest BCUT2D eigenvalue weighted by Crippen LogP contribution is 2.49. The zero-order valence-electron chi connectivity index (χ0n) is 16.9. The van der Waals surface area contributed by atoms with E-state index in [4.69, 9.17) is 4.74 Å². The minimum Gasteiger partial charge on any atom is -0.472 e. The van der Waals surface area contributed by atoms with E-state index in [1.165, 1.54) is 30.4 Å². The highest BCUT2D eigenvalue weighted by molar-refractivity contribution is 7.95. The Balaban J connectivity index is 1.57. The first kappa shape index (κ1) is 19.6. The van der Waals surface area contributed by atoms with Crippen LogP contribution in [0.5, 0.6) is 0 Å². The second-order valence-corrected chi connectivity index (χ2v) is 10.1. The molecule has 1 aromatic carbocycles. The molecule has 6 rings (SSSR count). The molecular weight excluding hydrogens is 442 g/mol. The summed E-state index contributed by atoms with van der Waals surface area (Å²) in [6.07, 6.45) is 13.0. The molecule has 5 aliphatic rings. The largest absolute Gasteiger partial charge is 0.472 e. The van der Waals surface area contributed by atoms with Gasteiger partial charge in [-0.1, -0.05) is 42.5 Å². The van der Waals surface area contributed by atoms with Crippen LogP contribution in [0.1, 0.15) is 0 Å². The third-order valence-electron chi connectivity index (χ3n) is 6.24. The number of ether oxygens (including phenoxy) is 1. The van der Waals surface area contributed by atoms with Crippen LogP contribution in [0.15, 0.2) is 117 Å². The van der Waals surface area contributed by atoms with E-state index < -0.39 is 39.0 Å². The third-order valence-corrected chi connectivity index (χ3v) is 8.01. The number of rotatable bonds is 2. The molecule has 2 aliphatic heterocycles. The van der Waals surface area contributed by atoms with Crippen molar-refractivity contribution in [2.75, 3.05) is 0 Å². The van der Waals surface area contributed by atoms with Crippen molar-refractivity contribution in [3.05, 3.63) is 112 Å². The Morgan fingerprint density at radius 3 is 2.52 bits per heavy atom. The molecule has 1 spiro atoms.